The Morgan fingerprint density at radius 3 is 2.54 bits per heavy atom. The summed E-state index contributed by atoms with van der Waals surface area (Å²) in [5.41, 5.74) is -1.07. The van der Waals surface area contributed by atoms with E-state index in [2.05, 4.69) is 26.6 Å². The minimum Gasteiger partial charge on any atom is -0.471 e. The SMILES string of the molecule is C=CC(F)(F)c1nc2ccc(OC(F)(F)F)cc2nc1OC1CNC(C(=O)OCC(C)C)C1CC. The van der Waals surface area contributed by atoms with Crippen LogP contribution in [0.15, 0.2) is 30.9 Å². The summed E-state index contributed by atoms with van der Waals surface area (Å²) in [4.78, 5) is 20.4. The van der Waals surface area contributed by atoms with Gasteiger partial charge in [-0.25, -0.2) is 9.97 Å². The van der Waals surface area contributed by atoms with Gasteiger partial charge < -0.3 is 19.5 Å². The van der Waals surface area contributed by atoms with Crippen molar-refractivity contribution < 1.29 is 41.0 Å². The number of fused-ring (bicyclic) bond motifs is 1. The van der Waals surface area contributed by atoms with Gasteiger partial charge in [0.15, 0.2) is 5.69 Å². The molecule has 0 saturated carbocycles. The molecule has 1 aliphatic rings. The molecule has 1 aromatic heterocycles. The molecule has 1 aliphatic heterocycles. The molecule has 0 radical (unpaired) electrons. The van der Waals surface area contributed by atoms with Crippen LogP contribution in [0.3, 0.4) is 0 Å². The number of hydrogen-bond donors (Lipinski definition) is 1. The van der Waals surface area contributed by atoms with E-state index < -0.39 is 53.6 Å². The van der Waals surface area contributed by atoms with Crippen molar-refractivity contribution >= 4 is 17.0 Å². The van der Waals surface area contributed by atoms with Crippen LogP contribution in [0, 0.1) is 11.8 Å². The Balaban J connectivity index is 1.95. The molecule has 0 spiro atoms. The molecule has 3 atom stereocenters. The summed E-state index contributed by atoms with van der Waals surface area (Å²) >= 11 is 0. The lowest BCUT2D eigenvalue weighted by atomic mass is 9.95. The number of benzene rings is 1. The number of esters is 1. The Morgan fingerprint density at radius 2 is 1.94 bits per heavy atom. The maximum absolute atomic E-state index is 14.6. The topological polar surface area (TPSA) is 82.6 Å². The van der Waals surface area contributed by atoms with Gasteiger partial charge in [0.2, 0.25) is 5.88 Å². The monoisotopic (exact) mass is 503 g/mol. The summed E-state index contributed by atoms with van der Waals surface area (Å²) in [5, 5.41) is 3.00. The van der Waals surface area contributed by atoms with Crippen molar-refractivity contribution in [3.05, 3.63) is 36.5 Å². The minimum atomic E-state index is -4.95. The van der Waals surface area contributed by atoms with Gasteiger partial charge in [-0.05, 0) is 30.5 Å². The van der Waals surface area contributed by atoms with E-state index >= 15 is 0 Å². The fourth-order valence-electron chi connectivity index (χ4n) is 3.74. The maximum atomic E-state index is 14.6. The number of halogens is 5. The summed E-state index contributed by atoms with van der Waals surface area (Å²) in [5.74, 6) is -5.58. The molecule has 2 heterocycles. The van der Waals surface area contributed by atoms with Crippen molar-refractivity contribution in [2.45, 2.75) is 51.6 Å². The fourth-order valence-corrected chi connectivity index (χ4v) is 3.74. The molecule has 0 aliphatic carbocycles. The molecule has 2 aromatic rings. The standard InChI is InChI=1S/C23H26F5N3O4/c1-5-14-17(10-29-18(14)21(32)33-11-12(3)4)34-20-19(22(24,25)6-2)30-15-8-7-13(9-16(15)31-20)35-23(26,27)28/h6-9,12,14,17-18,29H,2,5,10-11H2,1,3-4H3. The fraction of sp³-hybridized carbons (Fsp3) is 0.522. The van der Waals surface area contributed by atoms with E-state index in [0.717, 1.165) is 18.2 Å². The number of nitrogens with one attached hydrogen (secondary N) is 1. The highest BCUT2D eigenvalue weighted by Gasteiger charge is 2.43. The van der Waals surface area contributed by atoms with Crippen molar-refractivity contribution in [2.75, 3.05) is 13.2 Å². The van der Waals surface area contributed by atoms with Crippen LogP contribution in [0.2, 0.25) is 0 Å². The van der Waals surface area contributed by atoms with Crippen LogP contribution >= 0.6 is 0 Å². The van der Waals surface area contributed by atoms with Gasteiger partial charge >= 0.3 is 18.3 Å². The van der Waals surface area contributed by atoms with E-state index in [4.69, 9.17) is 9.47 Å². The third kappa shape index (κ3) is 6.36. The third-order valence-corrected chi connectivity index (χ3v) is 5.40. The normalized spacial score (nSPS) is 20.8. The van der Waals surface area contributed by atoms with Crippen LogP contribution in [0.5, 0.6) is 11.6 Å². The molecule has 1 fully saturated rings. The molecule has 1 N–H and O–H groups in total. The Bertz CT molecular complexity index is 1080. The first-order valence-corrected chi connectivity index (χ1v) is 11.0. The molecular weight excluding hydrogens is 477 g/mol. The Kier molecular flexibility index (Phi) is 7.83. The Morgan fingerprint density at radius 1 is 1.23 bits per heavy atom. The van der Waals surface area contributed by atoms with E-state index in [9.17, 15) is 26.7 Å². The molecule has 1 saturated heterocycles. The van der Waals surface area contributed by atoms with Crippen LogP contribution in [0.1, 0.15) is 32.9 Å². The molecule has 0 amide bonds. The van der Waals surface area contributed by atoms with Crippen molar-refractivity contribution in [3.63, 3.8) is 0 Å². The summed E-state index contributed by atoms with van der Waals surface area (Å²) in [7, 11) is 0. The summed E-state index contributed by atoms with van der Waals surface area (Å²) in [6.07, 6.45) is -4.87. The predicted octanol–water partition coefficient (Wildman–Crippen LogP) is 4.75. The highest BCUT2D eigenvalue weighted by Crippen LogP contribution is 2.37. The summed E-state index contributed by atoms with van der Waals surface area (Å²) in [6, 6.07) is 2.24. The summed E-state index contributed by atoms with van der Waals surface area (Å²) in [6.45, 7) is 9.08. The first kappa shape index (κ1) is 26.6. The summed E-state index contributed by atoms with van der Waals surface area (Å²) < 4.78 is 82.1. The van der Waals surface area contributed by atoms with Gasteiger partial charge in [-0.1, -0.05) is 27.4 Å². The van der Waals surface area contributed by atoms with Crippen molar-refractivity contribution in [1.29, 1.82) is 0 Å². The van der Waals surface area contributed by atoms with Crippen LogP contribution in [0.4, 0.5) is 22.0 Å². The predicted molar refractivity (Wildman–Crippen MR) is 116 cm³/mol. The molecule has 192 valence electrons. The van der Waals surface area contributed by atoms with Gasteiger partial charge in [-0.15, -0.1) is 13.2 Å². The van der Waals surface area contributed by atoms with Gasteiger partial charge in [0.25, 0.3) is 0 Å². The van der Waals surface area contributed by atoms with Crippen molar-refractivity contribution in [3.8, 4) is 11.6 Å². The third-order valence-electron chi connectivity index (χ3n) is 5.40. The zero-order chi connectivity index (χ0) is 26.0. The Labute approximate surface area is 198 Å². The van der Waals surface area contributed by atoms with Crippen LogP contribution in [0.25, 0.3) is 11.0 Å². The second kappa shape index (κ2) is 10.3. The second-order valence-corrected chi connectivity index (χ2v) is 8.54. The van der Waals surface area contributed by atoms with Gasteiger partial charge in [-0.3, -0.25) is 4.79 Å². The Hall–Kier alpha value is -3.02. The first-order chi connectivity index (χ1) is 16.3. The second-order valence-electron chi connectivity index (χ2n) is 8.54. The number of nitrogens with zero attached hydrogens (tertiary/aromatic N) is 2. The number of carbonyl (C=O) groups excluding carboxylic acids is 1. The van der Waals surface area contributed by atoms with Gasteiger partial charge in [0.1, 0.15) is 17.9 Å². The van der Waals surface area contributed by atoms with Crippen LogP contribution < -0.4 is 14.8 Å². The average molecular weight is 503 g/mol. The average Bonchev–Trinajstić information content (AvgIpc) is 3.18. The van der Waals surface area contributed by atoms with Crippen LogP contribution in [-0.2, 0) is 15.5 Å². The van der Waals surface area contributed by atoms with E-state index in [1.807, 2.05) is 20.8 Å². The smallest absolute Gasteiger partial charge is 0.471 e. The number of allylic oxidation sites excluding steroid dienone is 1. The molecule has 0 bridgehead atoms. The lowest BCUT2D eigenvalue weighted by molar-refractivity contribution is -0.274. The van der Waals surface area contributed by atoms with Gasteiger partial charge in [0, 0.05) is 18.5 Å². The first-order valence-electron chi connectivity index (χ1n) is 11.0. The molecule has 12 heteroatoms. The highest BCUT2D eigenvalue weighted by molar-refractivity contribution is 5.77. The van der Waals surface area contributed by atoms with Gasteiger partial charge in [0.05, 0.1) is 17.6 Å². The zero-order valence-electron chi connectivity index (χ0n) is 19.4. The van der Waals surface area contributed by atoms with Crippen LogP contribution in [-0.4, -0.2) is 47.6 Å². The zero-order valence-corrected chi connectivity index (χ0v) is 19.4. The number of alkyl halides is 5. The van der Waals surface area contributed by atoms with Gasteiger partial charge in [-0.2, -0.15) is 8.78 Å². The molecule has 3 rings (SSSR count). The molecular formula is C23H26F5N3O4. The maximum Gasteiger partial charge on any atom is 0.573 e. The highest BCUT2D eigenvalue weighted by atomic mass is 19.4. The largest absolute Gasteiger partial charge is 0.573 e. The van der Waals surface area contributed by atoms with Crippen molar-refractivity contribution in [1.82, 2.24) is 15.3 Å². The van der Waals surface area contributed by atoms with E-state index in [-0.39, 0.29) is 30.1 Å². The van der Waals surface area contributed by atoms with E-state index in [1.54, 1.807) is 0 Å². The lowest BCUT2D eigenvalue weighted by Crippen LogP contribution is -2.38. The minimum absolute atomic E-state index is 0.0878. The van der Waals surface area contributed by atoms with E-state index in [1.165, 1.54) is 0 Å². The number of hydrogen-bond acceptors (Lipinski definition) is 7. The molecule has 3 unspecified atom stereocenters. The number of rotatable bonds is 9. The quantitative estimate of drug-likeness (QED) is 0.300. The number of aromatic nitrogens is 2. The number of carbonyl (C=O) groups is 1. The molecule has 7 nitrogen and oxygen atoms in total. The lowest BCUT2D eigenvalue weighted by Gasteiger charge is -2.24. The van der Waals surface area contributed by atoms with Crippen molar-refractivity contribution in [2.24, 2.45) is 11.8 Å². The number of ether oxygens (including phenoxy) is 3. The molecule has 1 aromatic carbocycles. The molecule has 35 heavy (non-hydrogen) atoms. The van der Waals surface area contributed by atoms with E-state index in [0.29, 0.717) is 12.5 Å².